The molecule has 0 spiro atoms. The fourth-order valence-electron chi connectivity index (χ4n) is 2.17. The van der Waals surface area contributed by atoms with Crippen molar-refractivity contribution < 1.29 is 9.90 Å². The van der Waals surface area contributed by atoms with Crippen molar-refractivity contribution in [1.82, 2.24) is 5.32 Å². The van der Waals surface area contributed by atoms with Crippen molar-refractivity contribution in [2.45, 2.75) is 37.1 Å². The number of hydrogen-bond acceptors (Lipinski definition) is 4. The fourth-order valence-corrected chi connectivity index (χ4v) is 3.78. The predicted molar refractivity (Wildman–Crippen MR) is 73.1 cm³/mol. The molecule has 1 saturated carbocycles. The first kappa shape index (κ1) is 12.9. The van der Waals surface area contributed by atoms with Crippen LogP contribution in [0.5, 0.6) is 0 Å². The number of aromatic carboxylic acids is 1. The minimum absolute atomic E-state index is 0.403. The molecule has 2 N–H and O–H groups in total. The van der Waals surface area contributed by atoms with Gasteiger partial charge in [-0.1, -0.05) is 0 Å². The number of thioether (sulfide) groups is 1. The van der Waals surface area contributed by atoms with E-state index >= 15 is 0 Å². The molecular weight excluding hydrogens is 254 g/mol. The Morgan fingerprint density at radius 1 is 1.65 bits per heavy atom. The Labute approximate surface area is 110 Å². The topological polar surface area (TPSA) is 49.3 Å². The maximum Gasteiger partial charge on any atom is 0.336 e. The number of thiophene rings is 1. The van der Waals surface area contributed by atoms with Crippen molar-refractivity contribution in [3.8, 4) is 0 Å². The Morgan fingerprint density at radius 3 is 3.06 bits per heavy atom. The van der Waals surface area contributed by atoms with Gasteiger partial charge in [-0.2, -0.15) is 11.8 Å². The summed E-state index contributed by atoms with van der Waals surface area (Å²) in [4.78, 5) is 11.8. The van der Waals surface area contributed by atoms with E-state index in [-0.39, 0.29) is 0 Å². The van der Waals surface area contributed by atoms with E-state index in [1.165, 1.54) is 30.6 Å². The zero-order chi connectivity index (χ0) is 12.3. The van der Waals surface area contributed by atoms with Crippen LogP contribution < -0.4 is 5.32 Å². The number of carboxylic acids is 1. The SMILES string of the molecule is CSC1CCC(NCc2cc(C(=O)O)cs2)C1. The Bertz CT molecular complexity index is 392. The second-order valence-corrected chi connectivity index (χ2v) is 6.49. The molecule has 1 heterocycles. The van der Waals surface area contributed by atoms with Gasteiger partial charge < -0.3 is 10.4 Å². The summed E-state index contributed by atoms with van der Waals surface area (Å²) in [6.45, 7) is 0.795. The third-order valence-corrected chi connectivity index (χ3v) is 5.22. The lowest BCUT2D eigenvalue weighted by atomic mass is 10.2. The van der Waals surface area contributed by atoms with Gasteiger partial charge in [-0.05, 0) is 31.6 Å². The molecule has 1 aromatic rings. The Morgan fingerprint density at radius 2 is 2.47 bits per heavy atom. The van der Waals surface area contributed by atoms with Gasteiger partial charge >= 0.3 is 5.97 Å². The van der Waals surface area contributed by atoms with Crippen LogP contribution in [0.15, 0.2) is 11.4 Å². The van der Waals surface area contributed by atoms with E-state index in [0.717, 1.165) is 16.7 Å². The van der Waals surface area contributed by atoms with Crippen molar-refractivity contribution in [1.29, 1.82) is 0 Å². The van der Waals surface area contributed by atoms with Crippen LogP contribution in [0, 0.1) is 0 Å². The molecule has 17 heavy (non-hydrogen) atoms. The molecular formula is C12H17NO2S2. The number of carboxylic acid groups (broad SMARTS) is 1. The van der Waals surface area contributed by atoms with Crippen molar-refractivity contribution >= 4 is 29.1 Å². The second-order valence-electron chi connectivity index (χ2n) is 4.36. The van der Waals surface area contributed by atoms with E-state index in [1.54, 1.807) is 11.4 Å². The quantitative estimate of drug-likeness (QED) is 0.864. The second kappa shape index (κ2) is 5.89. The van der Waals surface area contributed by atoms with Gasteiger partial charge in [-0.25, -0.2) is 4.79 Å². The van der Waals surface area contributed by atoms with Crippen LogP contribution in [0.3, 0.4) is 0 Å². The van der Waals surface area contributed by atoms with Gasteiger partial charge in [0.1, 0.15) is 0 Å². The summed E-state index contributed by atoms with van der Waals surface area (Å²) in [5.74, 6) is -0.837. The number of nitrogens with one attached hydrogen (secondary N) is 1. The normalized spacial score (nSPS) is 24.1. The van der Waals surface area contributed by atoms with E-state index in [9.17, 15) is 4.79 Å². The summed E-state index contributed by atoms with van der Waals surface area (Å²) in [5.41, 5.74) is 0.403. The number of carbonyl (C=O) groups is 1. The Hall–Kier alpha value is -0.520. The first-order valence-electron chi connectivity index (χ1n) is 5.76. The predicted octanol–water partition coefficient (Wildman–Crippen LogP) is 2.82. The van der Waals surface area contributed by atoms with Crippen molar-refractivity contribution in [2.24, 2.45) is 0 Å². The summed E-state index contributed by atoms with van der Waals surface area (Å²) in [5, 5.41) is 14.9. The smallest absolute Gasteiger partial charge is 0.336 e. The van der Waals surface area contributed by atoms with E-state index in [1.807, 2.05) is 11.8 Å². The van der Waals surface area contributed by atoms with Gasteiger partial charge in [-0.3, -0.25) is 0 Å². The maximum atomic E-state index is 10.7. The van der Waals surface area contributed by atoms with Gasteiger partial charge in [0.2, 0.25) is 0 Å². The molecule has 3 nitrogen and oxygen atoms in total. The first-order valence-corrected chi connectivity index (χ1v) is 7.92. The maximum absolute atomic E-state index is 10.7. The molecule has 0 amide bonds. The molecule has 1 aliphatic carbocycles. The average molecular weight is 271 g/mol. The third-order valence-electron chi connectivity index (χ3n) is 3.18. The largest absolute Gasteiger partial charge is 0.478 e. The molecule has 1 aliphatic rings. The van der Waals surface area contributed by atoms with Crippen molar-refractivity contribution in [2.75, 3.05) is 6.26 Å². The summed E-state index contributed by atoms with van der Waals surface area (Å²) < 4.78 is 0. The van der Waals surface area contributed by atoms with Gasteiger partial charge in [0.15, 0.2) is 0 Å². The zero-order valence-electron chi connectivity index (χ0n) is 9.81. The van der Waals surface area contributed by atoms with Gasteiger partial charge in [0.25, 0.3) is 0 Å². The minimum Gasteiger partial charge on any atom is -0.478 e. The van der Waals surface area contributed by atoms with Gasteiger partial charge in [0, 0.05) is 28.1 Å². The van der Waals surface area contributed by atoms with Crippen molar-refractivity contribution in [3.63, 3.8) is 0 Å². The lowest BCUT2D eigenvalue weighted by Crippen LogP contribution is -2.25. The summed E-state index contributed by atoms with van der Waals surface area (Å²) in [6.07, 6.45) is 5.94. The number of hydrogen-bond donors (Lipinski definition) is 2. The molecule has 2 rings (SSSR count). The lowest BCUT2D eigenvalue weighted by molar-refractivity contribution is 0.0697. The third kappa shape index (κ3) is 3.47. The van der Waals surface area contributed by atoms with Crippen LogP contribution >= 0.6 is 23.1 Å². The highest BCUT2D eigenvalue weighted by atomic mass is 32.2. The summed E-state index contributed by atoms with van der Waals surface area (Å²) in [6, 6.07) is 2.36. The van der Waals surface area contributed by atoms with E-state index < -0.39 is 5.97 Å². The van der Waals surface area contributed by atoms with Crippen LogP contribution in [0.4, 0.5) is 0 Å². The summed E-state index contributed by atoms with van der Waals surface area (Å²) in [7, 11) is 0. The van der Waals surface area contributed by atoms with Crippen molar-refractivity contribution in [3.05, 3.63) is 21.9 Å². The molecule has 0 radical (unpaired) electrons. The molecule has 1 aromatic heterocycles. The highest BCUT2D eigenvalue weighted by Crippen LogP contribution is 2.28. The molecule has 0 saturated heterocycles. The zero-order valence-corrected chi connectivity index (χ0v) is 11.4. The van der Waals surface area contributed by atoms with E-state index in [0.29, 0.717) is 11.6 Å². The first-order chi connectivity index (χ1) is 8.19. The van der Waals surface area contributed by atoms with Crippen LogP contribution in [-0.2, 0) is 6.54 Å². The minimum atomic E-state index is -0.837. The molecule has 1 fully saturated rings. The van der Waals surface area contributed by atoms with Crippen LogP contribution in [-0.4, -0.2) is 28.6 Å². The van der Waals surface area contributed by atoms with Gasteiger partial charge in [0.05, 0.1) is 5.56 Å². The molecule has 2 atom stereocenters. The molecule has 5 heteroatoms. The molecule has 94 valence electrons. The monoisotopic (exact) mass is 271 g/mol. The molecule has 0 aliphatic heterocycles. The van der Waals surface area contributed by atoms with E-state index in [2.05, 4.69) is 11.6 Å². The van der Waals surface area contributed by atoms with Crippen LogP contribution in [0.1, 0.15) is 34.5 Å². The standard InChI is InChI=1S/C12H17NO2S2/c1-16-10-3-2-9(5-10)13-6-11-4-8(7-17-11)12(14)15/h4,7,9-10,13H,2-3,5-6H2,1H3,(H,14,15). The fraction of sp³-hybridized carbons (Fsp3) is 0.583. The lowest BCUT2D eigenvalue weighted by Gasteiger charge is -2.11. The van der Waals surface area contributed by atoms with Gasteiger partial charge in [-0.15, -0.1) is 11.3 Å². The Kier molecular flexibility index (Phi) is 4.48. The van der Waals surface area contributed by atoms with Crippen LogP contribution in [0.2, 0.25) is 0 Å². The Balaban J connectivity index is 1.80. The number of rotatable bonds is 5. The molecule has 0 bridgehead atoms. The highest BCUT2D eigenvalue weighted by molar-refractivity contribution is 7.99. The summed E-state index contributed by atoms with van der Waals surface area (Å²) >= 11 is 3.47. The molecule has 0 aromatic carbocycles. The molecule has 2 unspecified atom stereocenters. The highest BCUT2D eigenvalue weighted by Gasteiger charge is 2.23. The average Bonchev–Trinajstić information content (AvgIpc) is 2.95. The van der Waals surface area contributed by atoms with E-state index in [4.69, 9.17) is 5.11 Å². The van der Waals surface area contributed by atoms with Crippen LogP contribution in [0.25, 0.3) is 0 Å².